The molecule has 1 rings (SSSR count). The Morgan fingerprint density at radius 1 is 1.73 bits per heavy atom. The van der Waals surface area contributed by atoms with E-state index in [4.69, 9.17) is 4.74 Å². The normalized spacial score (nSPS) is 10.3. The maximum Gasteiger partial charge on any atom is 0.230 e. The van der Waals surface area contributed by atoms with Crippen LogP contribution in [0.5, 0.6) is 0 Å². The number of nitrogens with one attached hydrogen (secondary N) is 1. The van der Waals surface area contributed by atoms with Gasteiger partial charge in [-0.05, 0) is 0 Å². The van der Waals surface area contributed by atoms with Crippen molar-refractivity contribution >= 4 is 17.7 Å². The molecule has 0 aliphatic rings. The Kier molecular flexibility index (Phi) is 5.13. The zero-order chi connectivity index (χ0) is 11.1. The summed E-state index contributed by atoms with van der Waals surface area (Å²) in [6.45, 7) is 1.06. The molecule has 6 nitrogen and oxygen atoms in total. The number of methoxy groups -OCH3 is 1. The first-order chi connectivity index (χ1) is 7.24. The van der Waals surface area contributed by atoms with Crippen LogP contribution >= 0.6 is 11.8 Å². The molecular formula is C8H14N4O2S. The first kappa shape index (κ1) is 12.0. The van der Waals surface area contributed by atoms with Gasteiger partial charge in [0.15, 0.2) is 5.16 Å². The van der Waals surface area contributed by atoms with Gasteiger partial charge >= 0.3 is 0 Å². The number of hydrogen-bond acceptors (Lipinski definition) is 5. The van der Waals surface area contributed by atoms with Gasteiger partial charge in [-0.3, -0.25) is 4.79 Å². The van der Waals surface area contributed by atoms with Gasteiger partial charge in [-0.1, -0.05) is 11.8 Å². The largest absolute Gasteiger partial charge is 0.383 e. The molecule has 1 N–H and O–H groups in total. The highest BCUT2D eigenvalue weighted by atomic mass is 32.2. The van der Waals surface area contributed by atoms with Gasteiger partial charge in [-0.25, -0.2) is 0 Å². The predicted molar refractivity (Wildman–Crippen MR) is 56.6 cm³/mol. The molecule has 1 amide bonds. The summed E-state index contributed by atoms with van der Waals surface area (Å²) in [6.07, 6.45) is 1.60. The van der Waals surface area contributed by atoms with E-state index in [2.05, 4.69) is 15.5 Å². The van der Waals surface area contributed by atoms with E-state index >= 15 is 0 Å². The molecule has 0 unspecified atom stereocenters. The highest BCUT2D eigenvalue weighted by Gasteiger charge is 2.05. The summed E-state index contributed by atoms with van der Waals surface area (Å²) < 4.78 is 6.58. The fraction of sp³-hybridized carbons (Fsp3) is 0.625. The highest BCUT2D eigenvalue weighted by molar-refractivity contribution is 7.99. The molecule has 84 valence electrons. The van der Waals surface area contributed by atoms with Gasteiger partial charge in [0.05, 0.1) is 12.4 Å². The number of ether oxygens (including phenoxy) is 1. The van der Waals surface area contributed by atoms with Crippen LogP contribution in [0, 0.1) is 0 Å². The second-order valence-corrected chi connectivity index (χ2v) is 3.80. The zero-order valence-corrected chi connectivity index (χ0v) is 9.58. The molecule has 0 spiro atoms. The maximum absolute atomic E-state index is 11.3. The topological polar surface area (TPSA) is 69.0 Å². The second kappa shape index (κ2) is 6.41. The van der Waals surface area contributed by atoms with Crippen molar-refractivity contribution in [2.75, 3.05) is 26.0 Å². The zero-order valence-electron chi connectivity index (χ0n) is 8.77. The molecule has 15 heavy (non-hydrogen) atoms. The van der Waals surface area contributed by atoms with Crippen LogP contribution < -0.4 is 5.32 Å². The Labute approximate surface area is 92.4 Å². The molecule has 0 saturated heterocycles. The summed E-state index contributed by atoms with van der Waals surface area (Å²) in [4.78, 5) is 11.3. The molecule has 1 heterocycles. The summed E-state index contributed by atoms with van der Waals surface area (Å²) >= 11 is 1.36. The number of amides is 1. The van der Waals surface area contributed by atoms with Crippen LogP contribution in [0.15, 0.2) is 11.5 Å². The third-order valence-electron chi connectivity index (χ3n) is 1.63. The molecule has 0 aliphatic carbocycles. The van der Waals surface area contributed by atoms with Crippen LogP contribution in [0.2, 0.25) is 0 Å². The number of carbonyl (C=O) groups is 1. The third kappa shape index (κ3) is 4.30. The quantitative estimate of drug-likeness (QED) is 0.535. The lowest BCUT2D eigenvalue weighted by Crippen LogP contribution is -2.28. The van der Waals surface area contributed by atoms with E-state index in [0.717, 1.165) is 5.16 Å². The Hall–Kier alpha value is -1.08. The number of aryl methyl sites for hydroxylation is 1. The van der Waals surface area contributed by atoms with E-state index in [9.17, 15) is 4.79 Å². The molecule has 0 saturated carbocycles. The molecule has 7 heteroatoms. The van der Waals surface area contributed by atoms with Crippen LogP contribution in [0.25, 0.3) is 0 Å². The maximum atomic E-state index is 11.3. The van der Waals surface area contributed by atoms with E-state index < -0.39 is 0 Å². The van der Waals surface area contributed by atoms with Crippen LogP contribution in [0.3, 0.4) is 0 Å². The standard InChI is InChI=1S/C8H14N4O2S/c1-12-6-10-11-8(12)15-5-7(13)9-3-4-14-2/h6H,3-5H2,1-2H3,(H,9,13). The average molecular weight is 230 g/mol. The number of nitrogens with zero attached hydrogens (tertiary/aromatic N) is 3. The number of hydrogen-bond donors (Lipinski definition) is 1. The molecule has 0 aromatic carbocycles. The van der Waals surface area contributed by atoms with Crippen molar-refractivity contribution in [2.45, 2.75) is 5.16 Å². The van der Waals surface area contributed by atoms with Crippen molar-refractivity contribution in [3.8, 4) is 0 Å². The minimum absolute atomic E-state index is 0.0277. The van der Waals surface area contributed by atoms with Crippen molar-refractivity contribution in [1.82, 2.24) is 20.1 Å². The van der Waals surface area contributed by atoms with Crippen molar-refractivity contribution in [1.29, 1.82) is 0 Å². The van der Waals surface area contributed by atoms with Gasteiger partial charge < -0.3 is 14.6 Å². The summed E-state index contributed by atoms with van der Waals surface area (Å²) in [6, 6.07) is 0. The first-order valence-electron chi connectivity index (χ1n) is 4.46. The van der Waals surface area contributed by atoms with Crippen molar-refractivity contribution in [3.05, 3.63) is 6.33 Å². The minimum atomic E-state index is -0.0277. The third-order valence-corrected chi connectivity index (χ3v) is 2.66. The number of thioether (sulfide) groups is 1. The van der Waals surface area contributed by atoms with E-state index in [-0.39, 0.29) is 5.91 Å². The van der Waals surface area contributed by atoms with Gasteiger partial charge in [-0.2, -0.15) is 0 Å². The number of carbonyl (C=O) groups excluding carboxylic acids is 1. The van der Waals surface area contributed by atoms with E-state index in [0.29, 0.717) is 18.9 Å². The highest BCUT2D eigenvalue weighted by Crippen LogP contribution is 2.12. The Balaban J connectivity index is 2.20. The monoisotopic (exact) mass is 230 g/mol. The summed E-state index contributed by atoms with van der Waals surface area (Å²) in [5.74, 6) is 0.316. The number of aromatic nitrogens is 3. The minimum Gasteiger partial charge on any atom is -0.383 e. The fourth-order valence-electron chi connectivity index (χ4n) is 0.877. The SMILES string of the molecule is COCCNC(=O)CSc1nncn1C. The van der Waals surface area contributed by atoms with Crippen molar-refractivity contribution < 1.29 is 9.53 Å². The Bertz CT molecular complexity index is 315. The molecule has 0 radical (unpaired) electrons. The van der Waals surface area contributed by atoms with Crippen LogP contribution in [0.1, 0.15) is 0 Å². The Morgan fingerprint density at radius 2 is 2.53 bits per heavy atom. The first-order valence-corrected chi connectivity index (χ1v) is 5.45. The van der Waals surface area contributed by atoms with Crippen LogP contribution in [-0.4, -0.2) is 46.7 Å². The second-order valence-electron chi connectivity index (χ2n) is 2.86. The lowest BCUT2D eigenvalue weighted by molar-refractivity contribution is -0.118. The van der Waals surface area contributed by atoms with Gasteiger partial charge in [-0.15, -0.1) is 10.2 Å². The molecule has 0 atom stereocenters. The molecular weight excluding hydrogens is 216 g/mol. The summed E-state index contributed by atoms with van der Waals surface area (Å²) in [7, 11) is 3.44. The van der Waals surface area contributed by atoms with Crippen molar-refractivity contribution in [3.63, 3.8) is 0 Å². The van der Waals surface area contributed by atoms with E-state index in [1.165, 1.54) is 11.8 Å². The lowest BCUT2D eigenvalue weighted by Gasteiger charge is -2.03. The predicted octanol–water partition coefficient (Wildman–Crippen LogP) is -0.330. The van der Waals surface area contributed by atoms with Crippen LogP contribution in [-0.2, 0) is 16.6 Å². The van der Waals surface area contributed by atoms with Gasteiger partial charge in [0.1, 0.15) is 6.33 Å². The summed E-state index contributed by atoms with van der Waals surface area (Å²) in [5, 5.41) is 11.0. The van der Waals surface area contributed by atoms with E-state index in [1.807, 2.05) is 7.05 Å². The molecule has 0 bridgehead atoms. The molecule has 1 aromatic rings. The van der Waals surface area contributed by atoms with E-state index in [1.54, 1.807) is 18.0 Å². The molecule has 1 aromatic heterocycles. The smallest absolute Gasteiger partial charge is 0.230 e. The number of rotatable bonds is 6. The molecule has 0 fully saturated rings. The fourth-order valence-corrected chi connectivity index (χ4v) is 1.59. The average Bonchev–Trinajstić information content (AvgIpc) is 2.61. The van der Waals surface area contributed by atoms with Gasteiger partial charge in [0.2, 0.25) is 5.91 Å². The summed E-state index contributed by atoms with van der Waals surface area (Å²) in [5.41, 5.74) is 0. The van der Waals surface area contributed by atoms with Crippen molar-refractivity contribution in [2.24, 2.45) is 7.05 Å². The van der Waals surface area contributed by atoms with Crippen LogP contribution in [0.4, 0.5) is 0 Å². The lowest BCUT2D eigenvalue weighted by atomic mass is 10.6. The molecule has 0 aliphatic heterocycles. The Morgan fingerprint density at radius 3 is 3.13 bits per heavy atom. The van der Waals surface area contributed by atoms with Gasteiger partial charge in [0, 0.05) is 20.7 Å². The van der Waals surface area contributed by atoms with Gasteiger partial charge in [0.25, 0.3) is 0 Å².